The summed E-state index contributed by atoms with van der Waals surface area (Å²) in [7, 11) is 0. The molecule has 0 aromatic heterocycles. The fourth-order valence-corrected chi connectivity index (χ4v) is 2.90. The molecule has 2 N–H and O–H groups in total. The lowest BCUT2D eigenvalue weighted by atomic mass is 10.0. The fraction of sp³-hybridized carbons (Fsp3) is 0.500. The molecule has 0 aliphatic carbocycles. The number of fused-ring (bicyclic) bond motifs is 2. The number of hydrogen-bond acceptors (Lipinski definition) is 4. The van der Waals surface area contributed by atoms with Crippen LogP contribution in [-0.2, 0) is 4.79 Å². The van der Waals surface area contributed by atoms with Gasteiger partial charge in [0, 0.05) is 12.1 Å². The number of nitrogens with one attached hydrogen (secondary N) is 1. The smallest absolute Gasteiger partial charge is 0.490 e. The summed E-state index contributed by atoms with van der Waals surface area (Å²) in [4.78, 5) is 8.90. The van der Waals surface area contributed by atoms with Crippen molar-refractivity contribution < 1.29 is 27.8 Å². The molecule has 0 radical (unpaired) electrons. The third kappa shape index (κ3) is 5.13. The molecule has 24 heavy (non-hydrogen) atoms. The van der Waals surface area contributed by atoms with Gasteiger partial charge in [-0.2, -0.15) is 18.4 Å². The molecule has 2 aliphatic rings. The molecule has 5 nitrogen and oxygen atoms in total. The Balaban J connectivity index is 0.000000256. The second-order valence-corrected chi connectivity index (χ2v) is 5.79. The maximum absolute atomic E-state index is 10.6. The highest BCUT2D eigenvalue weighted by atomic mass is 19.4. The van der Waals surface area contributed by atoms with E-state index in [1.165, 1.54) is 12.8 Å². The zero-order valence-corrected chi connectivity index (χ0v) is 12.7. The lowest BCUT2D eigenvalue weighted by molar-refractivity contribution is -0.192. The largest absolute Gasteiger partial charge is 0.490 e. The summed E-state index contributed by atoms with van der Waals surface area (Å²) in [6.45, 7) is 0. The topological polar surface area (TPSA) is 82.3 Å². The molecule has 3 atom stereocenters. The molecule has 1 aromatic carbocycles. The molecule has 0 saturated carbocycles. The number of aliphatic carboxylic acids is 1. The van der Waals surface area contributed by atoms with E-state index in [-0.39, 0.29) is 0 Å². The highest BCUT2D eigenvalue weighted by Gasteiger charge is 2.38. The number of nitrogens with zero attached hydrogens (tertiary/aromatic N) is 1. The van der Waals surface area contributed by atoms with E-state index in [1.54, 1.807) is 0 Å². The van der Waals surface area contributed by atoms with Crippen LogP contribution in [0.4, 0.5) is 13.2 Å². The van der Waals surface area contributed by atoms with Crippen LogP contribution in [0.2, 0.25) is 0 Å². The molecule has 0 unspecified atom stereocenters. The van der Waals surface area contributed by atoms with Gasteiger partial charge >= 0.3 is 12.1 Å². The van der Waals surface area contributed by atoms with E-state index >= 15 is 0 Å². The van der Waals surface area contributed by atoms with Gasteiger partial charge < -0.3 is 15.2 Å². The van der Waals surface area contributed by atoms with Crippen molar-refractivity contribution in [3.63, 3.8) is 0 Å². The molecule has 2 bridgehead atoms. The summed E-state index contributed by atoms with van der Waals surface area (Å²) in [6, 6.07) is 10.8. The van der Waals surface area contributed by atoms with Crippen molar-refractivity contribution in [2.75, 3.05) is 0 Å². The number of hydrogen-bond donors (Lipinski definition) is 2. The fourth-order valence-electron chi connectivity index (χ4n) is 2.90. The summed E-state index contributed by atoms with van der Waals surface area (Å²) in [5.74, 6) is -1.87. The number of piperidine rings is 1. The molecule has 8 heteroatoms. The van der Waals surface area contributed by atoms with E-state index < -0.39 is 12.1 Å². The number of alkyl halides is 3. The number of halogens is 3. The Bertz CT molecular complexity index is 598. The van der Waals surface area contributed by atoms with Gasteiger partial charge in [0.2, 0.25) is 0 Å². The van der Waals surface area contributed by atoms with E-state index in [2.05, 4.69) is 11.4 Å². The zero-order chi connectivity index (χ0) is 17.7. The lowest BCUT2D eigenvalue weighted by Gasteiger charge is -2.29. The van der Waals surface area contributed by atoms with Crippen LogP contribution in [0.3, 0.4) is 0 Å². The number of ether oxygens (including phenoxy) is 1. The third-order valence-electron chi connectivity index (χ3n) is 3.96. The number of benzene rings is 1. The van der Waals surface area contributed by atoms with Gasteiger partial charge in [-0.1, -0.05) is 0 Å². The summed E-state index contributed by atoms with van der Waals surface area (Å²) in [5.41, 5.74) is 0.683. The predicted octanol–water partition coefficient (Wildman–Crippen LogP) is 2.85. The second-order valence-electron chi connectivity index (χ2n) is 5.79. The Labute approximate surface area is 137 Å². The van der Waals surface area contributed by atoms with Crippen LogP contribution in [0.25, 0.3) is 0 Å². The van der Waals surface area contributed by atoms with E-state index in [0.29, 0.717) is 23.8 Å². The normalized spacial score (nSPS) is 25.2. The first-order valence-corrected chi connectivity index (χ1v) is 7.51. The van der Waals surface area contributed by atoms with Crippen molar-refractivity contribution in [1.29, 1.82) is 5.26 Å². The van der Waals surface area contributed by atoms with Gasteiger partial charge in [0.1, 0.15) is 11.9 Å². The molecule has 130 valence electrons. The average molecular weight is 342 g/mol. The molecule has 1 aromatic rings. The van der Waals surface area contributed by atoms with Gasteiger partial charge in [-0.05, 0) is 49.9 Å². The quantitative estimate of drug-likeness (QED) is 0.864. The highest BCUT2D eigenvalue weighted by molar-refractivity contribution is 5.73. The standard InChI is InChI=1S/C14H16N2O.C2HF3O2/c15-9-10-1-5-13(6-2-10)17-14-7-11-3-4-12(8-14)16-11;3-2(4,5)1(6)7/h1-2,5-6,11-12,14,16H,3-4,7-8H2;(H,6,7)/t11-,12+,14-;. The van der Waals surface area contributed by atoms with Gasteiger partial charge in [-0.3, -0.25) is 0 Å². The second kappa shape index (κ2) is 7.53. The Morgan fingerprint density at radius 1 is 1.21 bits per heavy atom. The maximum Gasteiger partial charge on any atom is 0.490 e. The van der Waals surface area contributed by atoms with Crippen LogP contribution in [0.1, 0.15) is 31.2 Å². The van der Waals surface area contributed by atoms with E-state index in [1.807, 2.05) is 24.3 Å². The van der Waals surface area contributed by atoms with Crippen LogP contribution in [0.15, 0.2) is 24.3 Å². The molecular formula is C16H17F3N2O3. The zero-order valence-electron chi connectivity index (χ0n) is 12.7. The monoisotopic (exact) mass is 342 g/mol. The van der Waals surface area contributed by atoms with Crippen LogP contribution in [0, 0.1) is 11.3 Å². The summed E-state index contributed by atoms with van der Waals surface area (Å²) < 4.78 is 37.7. The van der Waals surface area contributed by atoms with Crippen molar-refractivity contribution >= 4 is 5.97 Å². The van der Waals surface area contributed by atoms with Crippen molar-refractivity contribution in [1.82, 2.24) is 5.32 Å². The number of carboxylic acids is 1. The van der Waals surface area contributed by atoms with Crippen LogP contribution < -0.4 is 10.1 Å². The molecule has 3 rings (SSSR count). The minimum Gasteiger partial charge on any atom is -0.490 e. The van der Waals surface area contributed by atoms with Gasteiger partial charge in [0.15, 0.2) is 0 Å². The van der Waals surface area contributed by atoms with E-state index in [9.17, 15) is 13.2 Å². The Morgan fingerprint density at radius 2 is 1.71 bits per heavy atom. The molecule has 2 aliphatic heterocycles. The SMILES string of the molecule is N#Cc1ccc(O[C@@H]2C[C@H]3CC[C@@H](C2)N3)cc1.O=C(O)C(F)(F)F. The minimum atomic E-state index is -5.08. The first kappa shape index (κ1) is 18.1. The summed E-state index contributed by atoms with van der Waals surface area (Å²) in [6.07, 6.45) is 0.0460. The van der Waals surface area contributed by atoms with Gasteiger partial charge in [-0.25, -0.2) is 4.79 Å². The highest BCUT2D eigenvalue weighted by Crippen LogP contribution is 2.29. The minimum absolute atomic E-state index is 0.335. The Kier molecular flexibility index (Phi) is 5.67. The molecule has 0 spiro atoms. The molecule has 2 heterocycles. The number of nitriles is 1. The van der Waals surface area contributed by atoms with Crippen molar-refractivity contribution in [2.24, 2.45) is 0 Å². The first-order valence-electron chi connectivity index (χ1n) is 7.51. The number of rotatable bonds is 2. The Morgan fingerprint density at radius 3 is 2.12 bits per heavy atom. The lowest BCUT2D eigenvalue weighted by Crippen LogP contribution is -2.42. The predicted molar refractivity (Wildman–Crippen MR) is 78.4 cm³/mol. The summed E-state index contributed by atoms with van der Waals surface area (Å²) in [5, 5.41) is 19.5. The van der Waals surface area contributed by atoms with Crippen LogP contribution in [0.5, 0.6) is 5.75 Å². The average Bonchev–Trinajstić information content (AvgIpc) is 2.86. The summed E-state index contributed by atoms with van der Waals surface area (Å²) >= 11 is 0. The van der Waals surface area contributed by atoms with Crippen LogP contribution in [-0.4, -0.2) is 35.4 Å². The van der Waals surface area contributed by atoms with Crippen LogP contribution >= 0.6 is 0 Å². The van der Waals surface area contributed by atoms with Crippen molar-refractivity contribution in [2.45, 2.75) is 50.0 Å². The molecule has 0 amide bonds. The van der Waals surface area contributed by atoms with Gasteiger partial charge in [0.05, 0.1) is 11.6 Å². The van der Waals surface area contributed by atoms with Crippen molar-refractivity contribution in [3.05, 3.63) is 29.8 Å². The third-order valence-corrected chi connectivity index (χ3v) is 3.96. The molecule has 2 fully saturated rings. The van der Waals surface area contributed by atoms with Gasteiger partial charge in [-0.15, -0.1) is 0 Å². The van der Waals surface area contributed by atoms with E-state index in [4.69, 9.17) is 19.9 Å². The molecule has 2 saturated heterocycles. The molecular weight excluding hydrogens is 325 g/mol. The number of carboxylic acid groups (broad SMARTS) is 1. The van der Waals surface area contributed by atoms with Crippen molar-refractivity contribution in [3.8, 4) is 11.8 Å². The van der Waals surface area contributed by atoms with E-state index in [0.717, 1.165) is 18.6 Å². The maximum atomic E-state index is 10.6. The Hall–Kier alpha value is -2.27. The first-order chi connectivity index (χ1) is 11.3. The van der Waals surface area contributed by atoms with Gasteiger partial charge in [0.25, 0.3) is 0 Å². The number of carbonyl (C=O) groups is 1.